The number of nitrogens with zero attached hydrogens (tertiary/aromatic N) is 3. The summed E-state index contributed by atoms with van der Waals surface area (Å²) >= 11 is 0. The highest BCUT2D eigenvalue weighted by Crippen LogP contribution is 2.42. The molecule has 9 aromatic rings. The zero-order valence-corrected chi connectivity index (χ0v) is 25.1. The van der Waals surface area contributed by atoms with Gasteiger partial charge in [-0.2, -0.15) is 0 Å². The van der Waals surface area contributed by atoms with Crippen molar-refractivity contribution in [2.45, 2.75) is 6.42 Å². The second kappa shape index (κ2) is 10.5. The summed E-state index contributed by atoms with van der Waals surface area (Å²) in [5.41, 5.74) is 15.9. The maximum Gasteiger partial charge on any atom is 0.205 e. The Morgan fingerprint density at radius 2 is 1.20 bits per heavy atom. The molecule has 0 aliphatic heterocycles. The van der Waals surface area contributed by atoms with Gasteiger partial charge in [-0.05, 0) is 58.7 Å². The molecule has 2 aromatic heterocycles. The number of rotatable bonds is 4. The highest BCUT2D eigenvalue weighted by molar-refractivity contribution is 6.30. The normalized spacial score (nSPS) is 12.2. The van der Waals surface area contributed by atoms with Gasteiger partial charge in [-0.15, -0.1) is 0 Å². The van der Waals surface area contributed by atoms with Gasteiger partial charge in [-0.3, -0.25) is 4.57 Å². The minimum absolute atomic E-state index is 0.438. The van der Waals surface area contributed by atoms with Gasteiger partial charge in [0.25, 0.3) is 0 Å². The van der Waals surface area contributed by atoms with Crippen LogP contribution in [-0.4, -0.2) is 15.1 Å². The highest BCUT2D eigenvalue weighted by Gasteiger charge is 2.23. The first kappa shape index (κ1) is 26.3. The number of hydrogen-bond donors (Lipinski definition) is 1. The zero-order valence-electron chi connectivity index (χ0n) is 25.1. The molecule has 46 heavy (non-hydrogen) atoms. The van der Waals surface area contributed by atoms with Crippen LogP contribution in [0.5, 0.6) is 0 Å². The van der Waals surface area contributed by atoms with Crippen LogP contribution in [0.1, 0.15) is 11.1 Å². The Morgan fingerprint density at radius 3 is 2.04 bits per heavy atom. The Bertz CT molecular complexity index is 2610. The molecule has 0 saturated carbocycles. The highest BCUT2D eigenvalue weighted by atomic mass is 15.2. The minimum Gasteiger partial charge on any atom is -0.369 e. The average Bonchev–Trinajstić information content (AvgIpc) is 3.63. The van der Waals surface area contributed by atoms with Crippen molar-refractivity contribution >= 4 is 66.0 Å². The van der Waals surface area contributed by atoms with Gasteiger partial charge in [0.15, 0.2) is 0 Å². The number of aliphatic imine (C=N–C) groups is 1. The summed E-state index contributed by atoms with van der Waals surface area (Å²) in [4.78, 5) is 5.19. The van der Waals surface area contributed by atoms with Crippen molar-refractivity contribution in [2.75, 3.05) is 0 Å². The first-order chi connectivity index (χ1) is 22.8. The Hall–Kier alpha value is -6.13. The lowest BCUT2D eigenvalue weighted by molar-refractivity contribution is 1.15. The van der Waals surface area contributed by atoms with Gasteiger partial charge in [0.2, 0.25) is 5.96 Å². The Morgan fingerprint density at radius 1 is 0.522 bits per heavy atom. The number of para-hydroxylation sites is 3. The van der Waals surface area contributed by atoms with Crippen molar-refractivity contribution in [1.82, 2.24) is 9.13 Å². The van der Waals surface area contributed by atoms with Gasteiger partial charge < -0.3 is 10.3 Å². The van der Waals surface area contributed by atoms with E-state index in [9.17, 15) is 0 Å². The van der Waals surface area contributed by atoms with E-state index in [2.05, 4.69) is 155 Å². The smallest absolute Gasteiger partial charge is 0.205 e. The molecule has 9 rings (SSSR count). The Labute approximate surface area is 266 Å². The average molecular weight is 591 g/mol. The zero-order chi connectivity index (χ0) is 30.6. The van der Waals surface area contributed by atoms with E-state index in [1.807, 2.05) is 12.1 Å². The van der Waals surface area contributed by atoms with Gasteiger partial charge >= 0.3 is 0 Å². The van der Waals surface area contributed by atoms with Crippen LogP contribution in [0, 0.1) is 0 Å². The summed E-state index contributed by atoms with van der Waals surface area (Å²) in [6.45, 7) is 0. The van der Waals surface area contributed by atoms with Crippen LogP contribution in [-0.2, 0) is 6.42 Å². The van der Waals surface area contributed by atoms with Crippen LogP contribution >= 0.6 is 0 Å². The minimum atomic E-state index is 0.438. The fraction of sp³-hybridized carbons (Fsp3) is 0.0238. The van der Waals surface area contributed by atoms with E-state index in [4.69, 9.17) is 10.7 Å². The molecule has 218 valence electrons. The van der Waals surface area contributed by atoms with Gasteiger partial charge in [0.05, 0.1) is 27.8 Å². The second-order valence-corrected chi connectivity index (χ2v) is 11.8. The van der Waals surface area contributed by atoms with Gasteiger partial charge in [-0.1, -0.05) is 127 Å². The first-order valence-corrected chi connectivity index (χ1v) is 15.7. The molecular formula is C42H30N4. The van der Waals surface area contributed by atoms with E-state index in [1.54, 1.807) is 0 Å². The van der Waals surface area contributed by atoms with Gasteiger partial charge in [0, 0.05) is 27.2 Å². The van der Waals surface area contributed by atoms with Crippen molar-refractivity contribution < 1.29 is 0 Å². The van der Waals surface area contributed by atoms with Crippen molar-refractivity contribution in [1.29, 1.82) is 0 Å². The van der Waals surface area contributed by atoms with Crippen LogP contribution in [0.2, 0.25) is 0 Å². The summed E-state index contributed by atoms with van der Waals surface area (Å²) in [5.74, 6) is 0.438. The third kappa shape index (κ3) is 4.04. The summed E-state index contributed by atoms with van der Waals surface area (Å²) in [5, 5.41) is 7.10. The van der Waals surface area contributed by atoms with E-state index >= 15 is 0 Å². The van der Waals surface area contributed by atoms with Crippen LogP contribution in [0.15, 0.2) is 163 Å². The van der Waals surface area contributed by atoms with Crippen molar-refractivity contribution in [2.24, 2.45) is 10.7 Å². The lowest BCUT2D eigenvalue weighted by Crippen LogP contribution is -2.22. The van der Waals surface area contributed by atoms with Crippen LogP contribution in [0.25, 0.3) is 60.1 Å². The van der Waals surface area contributed by atoms with Crippen molar-refractivity contribution in [3.05, 3.63) is 169 Å². The Kier molecular flexibility index (Phi) is 6.00. The van der Waals surface area contributed by atoms with E-state index in [-0.39, 0.29) is 0 Å². The van der Waals surface area contributed by atoms with E-state index < -0.39 is 0 Å². The lowest BCUT2D eigenvalue weighted by atomic mass is 10.0. The SMILES string of the molecule is NC(=Nc1ccccc1Cc1ccccc1)n1c2ccc3ccccc3c2c2ccc3c4ccccc4n(-c4ccccc4)c3c21. The molecule has 0 saturated heterocycles. The number of fused-ring (bicyclic) bond motifs is 9. The number of hydrogen-bond acceptors (Lipinski definition) is 1. The fourth-order valence-electron chi connectivity index (χ4n) is 7.16. The van der Waals surface area contributed by atoms with Gasteiger partial charge in [0.1, 0.15) is 0 Å². The molecule has 7 aromatic carbocycles. The maximum atomic E-state index is 7.19. The number of benzene rings is 7. The quantitative estimate of drug-likeness (QED) is 0.161. The number of nitrogens with two attached hydrogens (primary N) is 1. The molecule has 4 heteroatoms. The molecule has 0 bridgehead atoms. The van der Waals surface area contributed by atoms with Crippen LogP contribution in [0.4, 0.5) is 5.69 Å². The first-order valence-electron chi connectivity index (χ1n) is 15.7. The molecule has 0 atom stereocenters. The molecule has 0 unspecified atom stereocenters. The standard InChI is InChI=1S/C42H30N4/c43-42(44-36-21-11-8-16-30(36)27-28-13-3-1-4-14-28)46-38-26-23-29-15-7-9-19-32(29)39(38)35-25-24-34-33-20-10-12-22-37(33)45(40(34)41(35)46)31-17-5-2-6-18-31/h1-26H,27H2,(H2,43,44). The van der Waals surface area contributed by atoms with Crippen LogP contribution in [0.3, 0.4) is 0 Å². The summed E-state index contributed by atoms with van der Waals surface area (Å²) in [6.07, 6.45) is 0.776. The van der Waals surface area contributed by atoms with E-state index in [0.29, 0.717) is 5.96 Å². The largest absolute Gasteiger partial charge is 0.369 e. The Balaban J connectivity index is 1.42. The number of aromatic nitrogens is 2. The topological polar surface area (TPSA) is 48.2 Å². The summed E-state index contributed by atoms with van der Waals surface area (Å²) in [7, 11) is 0. The molecule has 0 aliphatic carbocycles. The second-order valence-electron chi connectivity index (χ2n) is 11.8. The predicted octanol–water partition coefficient (Wildman–Crippen LogP) is 10.1. The fourth-order valence-corrected chi connectivity index (χ4v) is 7.16. The van der Waals surface area contributed by atoms with Crippen molar-refractivity contribution in [3.8, 4) is 5.69 Å². The van der Waals surface area contributed by atoms with Gasteiger partial charge in [-0.25, -0.2) is 4.99 Å². The summed E-state index contributed by atoms with van der Waals surface area (Å²) < 4.78 is 4.55. The molecule has 0 spiro atoms. The molecule has 2 heterocycles. The maximum absolute atomic E-state index is 7.19. The molecule has 4 nitrogen and oxygen atoms in total. The summed E-state index contributed by atoms with van der Waals surface area (Å²) in [6, 6.07) is 55.6. The predicted molar refractivity (Wildman–Crippen MR) is 194 cm³/mol. The monoisotopic (exact) mass is 590 g/mol. The third-order valence-corrected chi connectivity index (χ3v) is 9.16. The third-order valence-electron chi connectivity index (χ3n) is 9.16. The van der Waals surface area contributed by atoms with E-state index in [1.165, 1.54) is 32.5 Å². The molecule has 2 N–H and O–H groups in total. The molecule has 0 fully saturated rings. The van der Waals surface area contributed by atoms with Crippen LogP contribution < -0.4 is 5.73 Å². The molecule has 0 amide bonds. The molecule has 0 radical (unpaired) electrons. The molecular weight excluding hydrogens is 560 g/mol. The van der Waals surface area contributed by atoms with Crippen molar-refractivity contribution in [3.63, 3.8) is 0 Å². The van der Waals surface area contributed by atoms with E-state index in [0.717, 1.165) is 50.8 Å². The lowest BCUT2D eigenvalue weighted by Gasteiger charge is -2.13. The molecule has 0 aliphatic rings.